The number of fused-ring (bicyclic) bond motifs is 9. The fraction of sp³-hybridized carbons (Fsp3) is 0.0164. The highest BCUT2D eigenvalue weighted by Gasteiger charge is 2.46. The zero-order valence-corrected chi connectivity index (χ0v) is 35.6. The topological polar surface area (TPSA) is 16.4 Å². The summed E-state index contributed by atoms with van der Waals surface area (Å²) in [6.45, 7) is 0. The van der Waals surface area contributed by atoms with E-state index in [2.05, 4.69) is 229 Å². The number of nitrogens with zero attached hydrogens (tertiary/aromatic N) is 1. The van der Waals surface area contributed by atoms with Gasteiger partial charge in [0.15, 0.2) is 0 Å². The predicted molar refractivity (Wildman–Crippen MR) is 269 cm³/mol. The van der Waals surface area contributed by atoms with Gasteiger partial charge in [-0.3, -0.25) is 0 Å². The van der Waals surface area contributed by atoms with Crippen LogP contribution in [-0.2, 0) is 5.41 Å². The second-order valence-electron chi connectivity index (χ2n) is 16.8. The van der Waals surface area contributed by atoms with Crippen molar-refractivity contribution in [2.75, 3.05) is 4.90 Å². The number of para-hydroxylation sites is 2. The van der Waals surface area contributed by atoms with Crippen LogP contribution in [0.2, 0.25) is 0 Å². The molecule has 2 aromatic heterocycles. The molecule has 0 unspecified atom stereocenters. The van der Waals surface area contributed by atoms with E-state index in [4.69, 9.17) is 4.42 Å². The number of hydrogen-bond acceptors (Lipinski definition) is 3. The Kier molecular flexibility index (Phi) is 8.34. The molecule has 0 saturated heterocycles. The Morgan fingerprint density at radius 3 is 1.67 bits per heavy atom. The largest absolute Gasteiger partial charge is 0.455 e. The lowest BCUT2D eigenvalue weighted by atomic mass is 9.68. The maximum atomic E-state index is 6.48. The molecule has 0 N–H and O–H groups in total. The van der Waals surface area contributed by atoms with Crippen LogP contribution in [-0.4, -0.2) is 0 Å². The van der Waals surface area contributed by atoms with Gasteiger partial charge in [-0.05, 0) is 105 Å². The van der Waals surface area contributed by atoms with Gasteiger partial charge in [-0.1, -0.05) is 182 Å². The molecular weight excluding hydrogens is 795 g/mol. The van der Waals surface area contributed by atoms with Crippen LogP contribution in [0.1, 0.15) is 22.3 Å². The molecule has 2 nitrogen and oxygen atoms in total. The van der Waals surface area contributed by atoms with Crippen molar-refractivity contribution < 1.29 is 4.42 Å². The molecule has 0 atom stereocenters. The fourth-order valence-corrected chi connectivity index (χ4v) is 11.6. The quantitative estimate of drug-likeness (QED) is 0.159. The summed E-state index contributed by atoms with van der Waals surface area (Å²) in [5.74, 6) is 0. The van der Waals surface area contributed by atoms with E-state index in [0.717, 1.165) is 50.1 Å². The van der Waals surface area contributed by atoms with Crippen molar-refractivity contribution in [3.8, 4) is 33.4 Å². The number of benzene rings is 10. The van der Waals surface area contributed by atoms with Crippen molar-refractivity contribution in [3.63, 3.8) is 0 Å². The van der Waals surface area contributed by atoms with Crippen LogP contribution in [0.25, 0.3) is 75.5 Å². The minimum atomic E-state index is -0.464. The molecule has 1 aliphatic carbocycles. The van der Waals surface area contributed by atoms with Gasteiger partial charge < -0.3 is 9.32 Å². The first-order chi connectivity index (χ1) is 31.7. The Balaban J connectivity index is 0.965. The zero-order chi connectivity index (χ0) is 42.2. The lowest BCUT2D eigenvalue weighted by Gasteiger charge is -2.34. The van der Waals surface area contributed by atoms with Gasteiger partial charge in [0.25, 0.3) is 0 Å². The average molecular weight is 834 g/mol. The Hall–Kier alpha value is -7.98. The summed E-state index contributed by atoms with van der Waals surface area (Å²) >= 11 is 1.86. The zero-order valence-electron chi connectivity index (χ0n) is 34.8. The molecule has 12 aromatic rings. The molecule has 13 rings (SSSR count). The van der Waals surface area contributed by atoms with E-state index in [-0.39, 0.29) is 0 Å². The molecule has 0 fully saturated rings. The van der Waals surface area contributed by atoms with Crippen LogP contribution in [0.4, 0.5) is 17.1 Å². The SMILES string of the molecule is c1ccc(C2(c3ccccc3)c3ccccc3-c3cc(N(c4ccc(-c5ccc6c(c5)sc5ccccc56)cc4)c4ccc(-c5cccc6c5oc5ccccc56)cc4)ccc32)cc1. The van der Waals surface area contributed by atoms with E-state index in [9.17, 15) is 0 Å². The molecule has 0 amide bonds. The van der Waals surface area contributed by atoms with E-state index in [0.29, 0.717) is 0 Å². The van der Waals surface area contributed by atoms with Gasteiger partial charge in [0.2, 0.25) is 0 Å². The molecule has 0 radical (unpaired) electrons. The maximum Gasteiger partial charge on any atom is 0.143 e. The van der Waals surface area contributed by atoms with Crippen LogP contribution in [0.3, 0.4) is 0 Å². The summed E-state index contributed by atoms with van der Waals surface area (Å²) in [6.07, 6.45) is 0. The summed E-state index contributed by atoms with van der Waals surface area (Å²) in [5.41, 5.74) is 16.8. The van der Waals surface area contributed by atoms with Crippen LogP contribution in [0.15, 0.2) is 241 Å². The first-order valence-corrected chi connectivity index (χ1v) is 22.7. The van der Waals surface area contributed by atoms with Crippen molar-refractivity contribution in [1.29, 1.82) is 0 Å². The van der Waals surface area contributed by atoms with E-state index in [1.165, 1.54) is 64.7 Å². The Morgan fingerprint density at radius 1 is 0.344 bits per heavy atom. The number of anilines is 3. The van der Waals surface area contributed by atoms with E-state index in [1.54, 1.807) is 0 Å². The van der Waals surface area contributed by atoms with Gasteiger partial charge in [0.05, 0.1) is 5.41 Å². The van der Waals surface area contributed by atoms with Crippen LogP contribution in [0, 0.1) is 0 Å². The first kappa shape index (κ1) is 36.7. The van der Waals surface area contributed by atoms with Crippen LogP contribution >= 0.6 is 11.3 Å². The van der Waals surface area contributed by atoms with Crippen molar-refractivity contribution in [1.82, 2.24) is 0 Å². The van der Waals surface area contributed by atoms with Crippen molar-refractivity contribution in [3.05, 3.63) is 259 Å². The third-order valence-electron chi connectivity index (χ3n) is 13.4. The Morgan fingerprint density at radius 2 is 0.906 bits per heavy atom. The molecule has 3 heteroatoms. The molecule has 2 heterocycles. The predicted octanol–water partition coefficient (Wildman–Crippen LogP) is 17.1. The van der Waals surface area contributed by atoms with Gasteiger partial charge >= 0.3 is 0 Å². The monoisotopic (exact) mass is 833 g/mol. The molecule has 0 bridgehead atoms. The van der Waals surface area contributed by atoms with Gasteiger partial charge in [0, 0.05) is 53.6 Å². The summed E-state index contributed by atoms with van der Waals surface area (Å²) in [5, 5.41) is 4.90. The number of thiophene rings is 1. The maximum absolute atomic E-state index is 6.48. The Labute approximate surface area is 375 Å². The standard InChI is InChI=1S/C61H39NOS/c1-3-14-43(15-4-1)61(44-16-5-2-6-17-44)55-23-10-7-18-49(55)54-39-47(35-37-56(54)61)62(45-31-26-40(27-32-45)42-30-36-52-51-20-9-12-25-58(51)64-59(52)38-42)46-33-28-41(29-34-46)48-21-13-22-53-50-19-8-11-24-57(50)63-60(48)53/h1-39H. The molecular formula is C61H39NOS. The summed E-state index contributed by atoms with van der Waals surface area (Å²) in [7, 11) is 0. The number of furan rings is 1. The normalized spacial score (nSPS) is 12.8. The minimum absolute atomic E-state index is 0.464. The highest BCUT2D eigenvalue weighted by Crippen LogP contribution is 2.57. The van der Waals surface area contributed by atoms with Crippen LogP contribution in [0.5, 0.6) is 0 Å². The number of rotatable bonds is 7. The van der Waals surface area contributed by atoms with Crippen molar-refractivity contribution >= 4 is 70.5 Å². The van der Waals surface area contributed by atoms with E-state index < -0.39 is 5.41 Å². The summed E-state index contributed by atoms with van der Waals surface area (Å²) < 4.78 is 9.11. The molecule has 10 aromatic carbocycles. The highest BCUT2D eigenvalue weighted by atomic mass is 32.1. The Bertz CT molecular complexity index is 3670. The summed E-state index contributed by atoms with van der Waals surface area (Å²) in [4.78, 5) is 2.40. The average Bonchev–Trinajstić information content (AvgIpc) is 4.03. The van der Waals surface area contributed by atoms with Gasteiger partial charge in [-0.15, -0.1) is 11.3 Å². The molecule has 0 aliphatic heterocycles. The van der Waals surface area contributed by atoms with Gasteiger partial charge in [-0.25, -0.2) is 0 Å². The minimum Gasteiger partial charge on any atom is -0.455 e. The first-order valence-electron chi connectivity index (χ1n) is 21.9. The van der Waals surface area contributed by atoms with E-state index in [1.807, 2.05) is 23.5 Å². The molecule has 0 spiro atoms. The van der Waals surface area contributed by atoms with Gasteiger partial charge in [-0.2, -0.15) is 0 Å². The lowest BCUT2D eigenvalue weighted by molar-refractivity contribution is 0.670. The molecule has 1 aliphatic rings. The second kappa shape index (κ2) is 14.6. The highest BCUT2D eigenvalue weighted by molar-refractivity contribution is 7.25. The fourth-order valence-electron chi connectivity index (χ4n) is 10.5. The van der Waals surface area contributed by atoms with Crippen LogP contribution < -0.4 is 4.90 Å². The molecule has 300 valence electrons. The second-order valence-corrected chi connectivity index (χ2v) is 17.9. The number of hydrogen-bond donors (Lipinski definition) is 0. The van der Waals surface area contributed by atoms with Gasteiger partial charge in [0.1, 0.15) is 11.2 Å². The van der Waals surface area contributed by atoms with Crippen molar-refractivity contribution in [2.24, 2.45) is 0 Å². The van der Waals surface area contributed by atoms with Crippen molar-refractivity contribution in [2.45, 2.75) is 5.41 Å². The van der Waals surface area contributed by atoms with E-state index >= 15 is 0 Å². The summed E-state index contributed by atoms with van der Waals surface area (Å²) in [6, 6.07) is 86.5. The third-order valence-corrected chi connectivity index (χ3v) is 14.5. The third kappa shape index (κ3) is 5.58. The molecule has 64 heavy (non-hydrogen) atoms. The molecule has 0 saturated carbocycles. The smallest absolute Gasteiger partial charge is 0.143 e. The lowest BCUT2D eigenvalue weighted by Crippen LogP contribution is -2.28.